The Morgan fingerprint density at radius 2 is 2.35 bits per heavy atom. The minimum absolute atomic E-state index is 0.277. The Balaban J connectivity index is 2.40. The van der Waals surface area contributed by atoms with Crippen molar-refractivity contribution in [2.24, 2.45) is 0 Å². The van der Waals surface area contributed by atoms with E-state index in [2.05, 4.69) is 9.97 Å². The van der Waals surface area contributed by atoms with E-state index in [0.29, 0.717) is 22.0 Å². The minimum Gasteiger partial charge on any atom is -0.465 e. The number of nitrogens with two attached hydrogens (primary N) is 1. The lowest BCUT2D eigenvalue weighted by molar-refractivity contribution is 0.0604. The first-order valence-corrected chi connectivity index (χ1v) is 4.93. The number of carbonyl (C=O) groups excluding carboxylic acids is 1. The van der Waals surface area contributed by atoms with E-state index in [0.717, 1.165) is 5.52 Å². The number of hydrogen-bond donors (Lipinski definition) is 2. The minimum atomic E-state index is -0.479. The van der Waals surface area contributed by atoms with Crippen molar-refractivity contribution in [3.8, 4) is 0 Å². The van der Waals surface area contributed by atoms with E-state index in [4.69, 9.17) is 14.9 Å². The zero-order valence-corrected chi connectivity index (χ0v) is 8.98. The summed E-state index contributed by atoms with van der Waals surface area (Å²) >= 11 is 0. The number of fused-ring (bicyclic) bond motifs is 2. The molecule has 6 heteroatoms. The Morgan fingerprint density at radius 3 is 3.12 bits per heavy atom. The average molecular weight is 231 g/mol. The van der Waals surface area contributed by atoms with Gasteiger partial charge >= 0.3 is 5.97 Å². The molecule has 0 aliphatic heterocycles. The number of methoxy groups -OCH3 is 1. The number of carbonyl (C=O) groups is 1. The number of ether oxygens (including phenoxy) is 1. The number of aromatic amines is 1. The molecular formula is C11H9N3O3. The third-order valence-electron chi connectivity index (χ3n) is 2.67. The highest BCUT2D eigenvalue weighted by Crippen LogP contribution is 2.28. The number of H-pyrrole nitrogens is 1. The van der Waals surface area contributed by atoms with Gasteiger partial charge in [-0.05, 0) is 12.1 Å². The molecule has 2 aromatic heterocycles. The van der Waals surface area contributed by atoms with Crippen LogP contribution >= 0.6 is 0 Å². The maximum atomic E-state index is 11.6. The largest absolute Gasteiger partial charge is 0.465 e. The van der Waals surface area contributed by atoms with E-state index >= 15 is 0 Å². The second kappa shape index (κ2) is 3.24. The van der Waals surface area contributed by atoms with Crippen LogP contribution in [0, 0.1) is 0 Å². The zero-order valence-electron chi connectivity index (χ0n) is 8.98. The molecule has 6 nitrogen and oxygen atoms in total. The Kier molecular flexibility index (Phi) is 1.85. The highest BCUT2D eigenvalue weighted by molar-refractivity contribution is 6.11. The van der Waals surface area contributed by atoms with Crippen LogP contribution in [0.4, 0.5) is 5.82 Å². The van der Waals surface area contributed by atoms with Crippen LogP contribution in [0.15, 0.2) is 22.9 Å². The summed E-state index contributed by atoms with van der Waals surface area (Å²) in [6.07, 6.45) is 1.35. The van der Waals surface area contributed by atoms with Crippen LogP contribution in [-0.4, -0.2) is 23.0 Å². The van der Waals surface area contributed by atoms with Gasteiger partial charge in [-0.3, -0.25) is 0 Å². The summed E-state index contributed by atoms with van der Waals surface area (Å²) in [6, 6.07) is 3.49. The first-order chi connectivity index (χ1) is 8.20. The summed E-state index contributed by atoms with van der Waals surface area (Å²) in [4.78, 5) is 18.6. The van der Waals surface area contributed by atoms with Crippen LogP contribution in [0.2, 0.25) is 0 Å². The summed E-state index contributed by atoms with van der Waals surface area (Å²) in [5.74, 6) is -0.202. The third-order valence-corrected chi connectivity index (χ3v) is 2.67. The maximum Gasteiger partial charge on any atom is 0.342 e. The Bertz CT molecular complexity index is 726. The van der Waals surface area contributed by atoms with E-state index in [9.17, 15) is 4.79 Å². The molecule has 0 unspecified atom stereocenters. The van der Waals surface area contributed by atoms with Crippen molar-refractivity contribution < 1.29 is 13.9 Å². The standard InChI is InChI=1S/C11H9N3O3/c1-16-11(15)9-5-2-8-7(13-4-17-8)3-6(5)14-10(9)12/h2-4,14H,12H2,1H3. The van der Waals surface area contributed by atoms with Crippen molar-refractivity contribution >= 4 is 33.8 Å². The molecule has 0 amide bonds. The molecule has 0 radical (unpaired) electrons. The highest BCUT2D eigenvalue weighted by atomic mass is 16.5. The van der Waals surface area contributed by atoms with Gasteiger partial charge in [0.15, 0.2) is 12.0 Å². The van der Waals surface area contributed by atoms with Crippen molar-refractivity contribution in [3.05, 3.63) is 24.1 Å². The predicted octanol–water partition coefficient (Wildman–Crippen LogP) is 1.68. The normalized spacial score (nSPS) is 11.1. The molecule has 3 rings (SSSR count). The molecule has 0 aliphatic rings. The van der Waals surface area contributed by atoms with Crippen LogP contribution in [-0.2, 0) is 4.74 Å². The fourth-order valence-electron chi connectivity index (χ4n) is 1.89. The monoisotopic (exact) mass is 231 g/mol. The smallest absolute Gasteiger partial charge is 0.342 e. The molecule has 86 valence electrons. The van der Waals surface area contributed by atoms with Crippen molar-refractivity contribution in [1.29, 1.82) is 0 Å². The van der Waals surface area contributed by atoms with Crippen LogP contribution in [0.25, 0.3) is 22.0 Å². The lowest BCUT2D eigenvalue weighted by atomic mass is 10.1. The Labute approximate surface area is 95.4 Å². The topological polar surface area (TPSA) is 94.1 Å². The zero-order chi connectivity index (χ0) is 12.0. The van der Waals surface area contributed by atoms with Gasteiger partial charge in [-0.1, -0.05) is 0 Å². The molecule has 1 aromatic carbocycles. The molecule has 0 bridgehead atoms. The summed E-state index contributed by atoms with van der Waals surface area (Å²) in [5.41, 5.74) is 8.10. The van der Waals surface area contributed by atoms with Gasteiger partial charge in [0.05, 0.1) is 12.6 Å². The first-order valence-electron chi connectivity index (χ1n) is 4.93. The van der Waals surface area contributed by atoms with E-state index in [1.165, 1.54) is 13.5 Å². The van der Waals surface area contributed by atoms with E-state index in [1.54, 1.807) is 12.1 Å². The lowest BCUT2D eigenvalue weighted by Crippen LogP contribution is -2.03. The van der Waals surface area contributed by atoms with E-state index < -0.39 is 5.97 Å². The predicted molar refractivity (Wildman–Crippen MR) is 61.6 cm³/mol. The quantitative estimate of drug-likeness (QED) is 0.621. The number of rotatable bonds is 1. The number of aromatic nitrogens is 2. The van der Waals surface area contributed by atoms with Gasteiger partial charge in [0.25, 0.3) is 0 Å². The van der Waals surface area contributed by atoms with Crippen molar-refractivity contribution in [2.75, 3.05) is 12.8 Å². The van der Waals surface area contributed by atoms with Crippen molar-refractivity contribution in [1.82, 2.24) is 9.97 Å². The van der Waals surface area contributed by atoms with Crippen LogP contribution in [0.3, 0.4) is 0 Å². The fourth-order valence-corrected chi connectivity index (χ4v) is 1.89. The van der Waals surface area contributed by atoms with Crippen LogP contribution < -0.4 is 5.73 Å². The number of esters is 1. The lowest BCUT2D eigenvalue weighted by Gasteiger charge is -1.97. The molecule has 0 fully saturated rings. The van der Waals surface area contributed by atoms with Crippen LogP contribution in [0.1, 0.15) is 10.4 Å². The number of oxazole rings is 1. The van der Waals surface area contributed by atoms with Crippen LogP contribution in [0.5, 0.6) is 0 Å². The highest BCUT2D eigenvalue weighted by Gasteiger charge is 2.18. The molecule has 2 heterocycles. The maximum absolute atomic E-state index is 11.6. The second-order valence-corrected chi connectivity index (χ2v) is 3.62. The van der Waals surface area contributed by atoms with Gasteiger partial charge in [-0.25, -0.2) is 9.78 Å². The summed E-state index contributed by atoms with van der Waals surface area (Å²) in [5, 5.41) is 0.665. The SMILES string of the molecule is COC(=O)c1c(N)[nH]c2cc3ncoc3cc12. The van der Waals surface area contributed by atoms with E-state index in [1.807, 2.05) is 0 Å². The van der Waals surface area contributed by atoms with Crippen molar-refractivity contribution in [2.45, 2.75) is 0 Å². The first kappa shape index (κ1) is 9.71. The number of hydrogen-bond acceptors (Lipinski definition) is 5. The molecule has 17 heavy (non-hydrogen) atoms. The molecule has 0 spiro atoms. The molecule has 0 saturated heterocycles. The molecular weight excluding hydrogens is 222 g/mol. The summed E-state index contributed by atoms with van der Waals surface area (Å²) in [6.45, 7) is 0. The molecule has 0 atom stereocenters. The van der Waals surface area contributed by atoms with Gasteiger partial charge in [0.2, 0.25) is 0 Å². The molecule has 0 saturated carbocycles. The number of nitrogens with one attached hydrogen (secondary N) is 1. The van der Waals surface area contributed by atoms with Gasteiger partial charge < -0.3 is 19.9 Å². The molecule has 3 aromatic rings. The number of benzene rings is 1. The average Bonchev–Trinajstić information content (AvgIpc) is 2.87. The van der Waals surface area contributed by atoms with Gasteiger partial charge in [0, 0.05) is 5.39 Å². The number of nitrogens with zero attached hydrogens (tertiary/aromatic N) is 1. The third kappa shape index (κ3) is 1.27. The Hall–Kier alpha value is -2.50. The second-order valence-electron chi connectivity index (χ2n) is 3.62. The van der Waals surface area contributed by atoms with Gasteiger partial charge in [-0.15, -0.1) is 0 Å². The number of anilines is 1. The molecule has 3 N–H and O–H groups in total. The summed E-state index contributed by atoms with van der Waals surface area (Å²) in [7, 11) is 1.31. The van der Waals surface area contributed by atoms with Gasteiger partial charge in [-0.2, -0.15) is 0 Å². The summed E-state index contributed by atoms with van der Waals surface area (Å²) < 4.78 is 9.88. The Morgan fingerprint density at radius 1 is 1.53 bits per heavy atom. The number of nitrogen functional groups attached to an aromatic ring is 1. The fraction of sp³-hybridized carbons (Fsp3) is 0.0909. The van der Waals surface area contributed by atoms with E-state index in [-0.39, 0.29) is 5.82 Å². The molecule has 0 aliphatic carbocycles. The van der Waals surface area contributed by atoms with Crippen molar-refractivity contribution in [3.63, 3.8) is 0 Å². The van der Waals surface area contributed by atoms with Gasteiger partial charge in [0.1, 0.15) is 16.9 Å².